The van der Waals surface area contributed by atoms with Gasteiger partial charge < -0.3 is 28.3 Å². The van der Waals surface area contributed by atoms with E-state index in [0.717, 1.165) is 22.6 Å². The van der Waals surface area contributed by atoms with E-state index in [-0.39, 0.29) is 24.1 Å². The fraction of sp³-hybridized carbons (Fsp3) is 0. The summed E-state index contributed by atoms with van der Waals surface area (Å²) < 4.78 is 5.89. The number of nitrogen functional groups attached to an aromatic ring is 2. The molecule has 24 heavy (non-hydrogen) atoms. The van der Waals surface area contributed by atoms with Gasteiger partial charge in [-0.15, -0.1) is 0 Å². The Bertz CT molecular complexity index is 795. The van der Waals surface area contributed by atoms with Gasteiger partial charge in [-0.05, 0) is 12.1 Å². The van der Waals surface area contributed by atoms with Gasteiger partial charge in [-0.1, -0.05) is 48.5 Å². The van der Waals surface area contributed by atoms with Crippen LogP contribution in [0.15, 0.2) is 65.1 Å². The van der Waals surface area contributed by atoms with E-state index in [4.69, 9.17) is 26.7 Å². The largest absolute Gasteiger partial charge is 1.00 e. The molecule has 0 fully saturated rings. The van der Waals surface area contributed by atoms with Crippen molar-refractivity contribution in [1.29, 1.82) is 10.8 Å². The Balaban J connectivity index is 0.00000208. The number of rotatable bonds is 4. The lowest BCUT2D eigenvalue weighted by molar-refractivity contribution is -0.00000577. The predicted molar refractivity (Wildman–Crippen MR) is 91.6 cm³/mol. The molecule has 2 aromatic carbocycles. The smallest absolute Gasteiger partial charge is 0.134 e. The van der Waals surface area contributed by atoms with Crippen molar-refractivity contribution in [2.75, 3.05) is 0 Å². The molecule has 0 amide bonds. The summed E-state index contributed by atoms with van der Waals surface area (Å²) in [5.74, 6) is 1.57. The van der Waals surface area contributed by atoms with E-state index in [1.807, 2.05) is 36.4 Å². The van der Waals surface area contributed by atoms with Crippen LogP contribution in [-0.4, -0.2) is 11.7 Å². The molecule has 122 valence electrons. The monoisotopic (exact) mass is 339 g/mol. The van der Waals surface area contributed by atoms with E-state index in [2.05, 4.69) is 0 Å². The van der Waals surface area contributed by atoms with Gasteiger partial charge in [0.05, 0.1) is 0 Å². The van der Waals surface area contributed by atoms with Crippen LogP contribution in [0.1, 0.15) is 11.1 Å². The molecule has 5 nitrogen and oxygen atoms in total. The summed E-state index contributed by atoms with van der Waals surface area (Å²) in [7, 11) is 0. The zero-order valence-corrected chi connectivity index (χ0v) is 13.5. The minimum absolute atomic E-state index is 0. The highest BCUT2D eigenvalue weighted by Crippen LogP contribution is 2.28. The number of furan rings is 1. The molecule has 6 N–H and O–H groups in total. The second-order valence-electron chi connectivity index (χ2n) is 5.15. The van der Waals surface area contributed by atoms with Gasteiger partial charge in [0.1, 0.15) is 23.2 Å². The first-order chi connectivity index (χ1) is 11.0. The zero-order valence-electron chi connectivity index (χ0n) is 12.7. The Labute approximate surface area is 145 Å². The molecule has 0 aliphatic rings. The fourth-order valence-corrected chi connectivity index (χ4v) is 2.28. The van der Waals surface area contributed by atoms with Crippen LogP contribution in [0.3, 0.4) is 0 Å². The van der Waals surface area contributed by atoms with Crippen LogP contribution >= 0.6 is 0 Å². The molecule has 0 aliphatic heterocycles. The Morgan fingerprint density at radius 1 is 0.625 bits per heavy atom. The summed E-state index contributed by atoms with van der Waals surface area (Å²) in [5, 5.41) is 14.8. The molecule has 0 atom stereocenters. The normalized spacial score (nSPS) is 10.0. The lowest BCUT2D eigenvalue weighted by Crippen LogP contribution is -3.00. The molecular weight excluding hydrogens is 324 g/mol. The van der Waals surface area contributed by atoms with Gasteiger partial charge in [0, 0.05) is 22.3 Å². The van der Waals surface area contributed by atoms with E-state index in [9.17, 15) is 0 Å². The van der Waals surface area contributed by atoms with Gasteiger partial charge in [-0.3, -0.25) is 10.8 Å². The van der Waals surface area contributed by atoms with Crippen LogP contribution in [0, 0.1) is 10.8 Å². The second-order valence-corrected chi connectivity index (χ2v) is 5.15. The van der Waals surface area contributed by atoms with E-state index >= 15 is 0 Å². The summed E-state index contributed by atoms with van der Waals surface area (Å²) >= 11 is 0. The van der Waals surface area contributed by atoms with Gasteiger partial charge in [-0.25, -0.2) is 0 Å². The lowest BCUT2D eigenvalue weighted by atomic mass is 10.1. The molecule has 1 aromatic heterocycles. The van der Waals surface area contributed by atoms with Gasteiger partial charge >= 0.3 is 0 Å². The van der Waals surface area contributed by atoms with Crippen molar-refractivity contribution >= 4 is 11.7 Å². The Kier molecular flexibility index (Phi) is 5.06. The van der Waals surface area contributed by atoms with Gasteiger partial charge in [0.25, 0.3) is 0 Å². The zero-order chi connectivity index (χ0) is 16.4. The average molecular weight is 340 g/mol. The van der Waals surface area contributed by atoms with E-state index in [1.165, 1.54) is 0 Å². The molecule has 3 rings (SSSR count). The molecule has 0 radical (unpaired) electrons. The lowest BCUT2D eigenvalue weighted by Gasteiger charge is -2.02. The molecule has 0 aliphatic carbocycles. The first-order valence-electron chi connectivity index (χ1n) is 7.04. The number of halogens is 1. The van der Waals surface area contributed by atoms with Gasteiger partial charge in [-0.2, -0.15) is 0 Å². The van der Waals surface area contributed by atoms with Crippen molar-refractivity contribution in [3.05, 3.63) is 71.8 Å². The maximum atomic E-state index is 7.40. The Morgan fingerprint density at radius 3 is 1.25 bits per heavy atom. The van der Waals surface area contributed by atoms with E-state index in [0.29, 0.717) is 11.1 Å². The maximum Gasteiger partial charge on any atom is 0.134 e. The van der Waals surface area contributed by atoms with Gasteiger partial charge in [0.15, 0.2) is 0 Å². The first kappa shape index (κ1) is 17.3. The molecular formula is C18H16ClN4O-. The van der Waals surface area contributed by atoms with Crippen LogP contribution in [0.4, 0.5) is 0 Å². The number of nitrogens with two attached hydrogens (primary N) is 2. The van der Waals surface area contributed by atoms with Crippen LogP contribution in [0.25, 0.3) is 22.6 Å². The summed E-state index contributed by atoms with van der Waals surface area (Å²) in [6, 6.07) is 18.5. The minimum Gasteiger partial charge on any atom is -1.00 e. The number of amidine groups is 2. The third-order valence-corrected chi connectivity index (χ3v) is 3.57. The van der Waals surface area contributed by atoms with Crippen LogP contribution in [0.5, 0.6) is 0 Å². The fourth-order valence-electron chi connectivity index (χ4n) is 2.28. The SMILES string of the molecule is N=C(N)c1ccc(-c2ccc(-c3ccc(C(=N)N)cc3)o2)cc1.[Cl-]. The Hall–Kier alpha value is -3.05. The van der Waals surface area contributed by atoms with Gasteiger partial charge in [0.2, 0.25) is 0 Å². The first-order valence-corrected chi connectivity index (χ1v) is 7.04. The molecule has 0 saturated carbocycles. The number of nitrogens with one attached hydrogen (secondary N) is 2. The highest BCUT2D eigenvalue weighted by molar-refractivity contribution is 5.95. The molecule has 1 heterocycles. The minimum atomic E-state index is 0. The van der Waals surface area contributed by atoms with Crippen molar-refractivity contribution in [1.82, 2.24) is 0 Å². The molecule has 0 saturated heterocycles. The summed E-state index contributed by atoms with van der Waals surface area (Å²) in [5.41, 5.74) is 14.1. The third kappa shape index (κ3) is 3.47. The third-order valence-electron chi connectivity index (χ3n) is 3.57. The van der Waals surface area contributed by atoms with Crippen molar-refractivity contribution in [3.8, 4) is 22.6 Å². The van der Waals surface area contributed by atoms with Crippen molar-refractivity contribution in [3.63, 3.8) is 0 Å². The number of hydrogen-bond donors (Lipinski definition) is 4. The molecule has 0 bridgehead atoms. The number of benzene rings is 2. The van der Waals surface area contributed by atoms with Crippen LogP contribution in [0.2, 0.25) is 0 Å². The topological polar surface area (TPSA) is 113 Å². The van der Waals surface area contributed by atoms with E-state index < -0.39 is 0 Å². The molecule has 6 heteroatoms. The summed E-state index contributed by atoms with van der Waals surface area (Å²) in [6.07, 6.45) is 0. The quantitative estimate of drug-likeness (QED) is 0.402. The highest BCUT2D eigenvalue weighted by atomic mass is 35.5. The van der Waals surface area contributed by atoms with Crippen molar-refractivity contribution < 1.29 is 16.8 Å². The van der Waals surface area contributed by atoms with Crippen LogP contribution in [-0.2, 0) is 0 Å². The number of hydrogen-bond acceptors (Lipinski definition) is 3. The molecule has 0 unspecified atom stereocenters. The predicted octanol–water partition coefficient (Wildman–Crippen LogP) is 0.186. The van der Waals surface area contributed by atoms with E-state index in [1.54, 1.807) is 24.3 Å². The summed E-state index contributed by atoms with van der Waals surface area (Å²) in [6.45, 7) is 0. The van der Waals surface area contributed by atoms with Crippen molar-refractivity contribution in [2.24, 2.45) is 11.5 Å². The standard InChI is InChI=1S/C18H16N4O.ClH/c19-17(20)13-5-1-11(2-6-13)15-9-10-16(23-15)12-3-7-14(8-4-12)18(21)22;/h1-10H,(H3,19,20)(H3,21,22);1H/p-1. The average Bonchev–Trinajstić information content (AvgIpc) is 3.05. The Morgan fingerprint density at radius 2 is 0.958 bits per heavy atom. The highest BCUT2D eigenvalue weighted by Gasteiger charge is 2.08. The van der Waals surface area contributed by atoms with Crippen molar-refractivity contribution in [2.45, 2.75) is 0 Å². The second kappa shape index (κ2) is 7.02. The molecule has 0 spiro atoms. The molecule has 3 aromatic rings. The van der Waals surface area contributed by atoms with Crippen LogP contribution < -0.4 is 23.9 Å². The summed E-state index contributed by atoms with van der Waals surface area (Å²) in [4.78, 5) is 0. The maximum absolute atomic E-state index is 7.40.